The molecule has 5 rings (SSSR count). The van der Waals surface area contributed by atoms with Gasteiger partial charge in [-0.05, 0) is 144 Å². The van der Waals surface area contributed by atoms with E-state index >= 15 is 0 Å². The molecule has 0 aliphatic heterocycles. The number of anilines is 4. The number of azo groups is 2. The lowest BCUT2D eigenvalue weighted by atomic mass is 10.1. The van der Waals surface area contributed by atoms with E-state index < -0.39 is 52.7 Å². The zero-order valence-electron chi connectivity index (χ0n) is 39.4. The first-order chi connectivity index (χ1) is 33.7. The van der Waals surface area contributed by atoms with Crippen molar-refractivity contribution >= 4 is 127 Å². The Morgan fingerprint density at radius 1 is 0.521 bits per heavy atom. The van der Waals surface area contributed by atoms with Crippen LogP contribution in [0.25, 0.3) is 0 Å². The van der Waals surface area contributed by atoms with E-state index in [1.54, 1.807) is 57.2 Å². The molecule has 0 saturated heterocycles. The molecule has 0 spiro atoms. The van der Waals surface area contributed by atoms with Crippen LogP contribution in [0.3, 0.4) is 0 Å². The van der Waals surface area contributed by atoms with Crippen LogP contribution in [-0.2, 0) is 19.2 Å². The van der Waals surface area contributed by atoms with Crippen molar-refractivity contribution in [3.05, 3.63) is 129 Å². The third kappa shape index (κ3) is 15.5. The van der Waals surface area contributed by atoms with E-state index in [0.717, 1.165) is 25.0 Å². The van der Waals surface area contributed by atoms with Gasteiger partial charge in [-0.3, -0.25) is 28.8 Å². The van der Waals surface area contributed by atoms with Gasteiger partial charge in [0.15, 0.2) is 11.6 Å². The number of carbonyl (C=O) groups excluding carboxylic acids is 6. The fraction of sp³-hybridized carbons (Fsp3) is 0.280. The molecule has 0 radical (unpaired) electrons. The zero-order chi connectivity index (χ0) is 52.1. The Morgan fingerprint density at radius 2 is 0.958 bits per heavy atom. The van der Waals surface area contributed by atoms with Crippen molar-refractivity contribution in [2.75, 3.05) is 34.5 Å². The molecule has 0 saturated carbocycles. The monoisotopic (exact) mass is 1060 g/mol. The van der Waals surface area contributed by atoms with Crippen LogP contribution in [0.1, 0.15) is 102 Å². The van der Waals surface area contributed by atoms with Gasteiger partial charge in [0.1, 0.15) is 11.5 Å². The minimum Gasteiger partial charge on any atom is -0.492 e. The van der Waals surface area contributed by atoms with Crippen molar-refractivity contribution in [3.8, 4) is 11.5 Å². The molecule has 0 aliphatic carbocycles. The van der Waals surface area contributed by atoms with Crippen LogP contribution >= 0.6 is 58.0 Å². The van der Waals surface area contributed by atoms with Crippen LogP contribution in [0, 0.1) is 0 Å². The van der Waals surface area contributed by atoms with E-state index in [9.17, 15) is 28.8 Å². The predicted molar refractivity (Wildman–Crippen MR) is 279 cm³/mol. The Hall–Kier alpha value is -6.43. The average Bonchev–Trinajstić information content (AvgIpc) is 3.30. The molecule has 4 amide bonds. The highest BCUT2D eigenvalue weighted by Crippen LogP contribution is 2.35. The summed E-state index contributed by atoms with van der Waals surface area (Å²) in [5.41, 5.74) is 3.30. The number of rotatable bonds is 21. The average molecular weight is 1070 g/mol. The topological polar surface area (TPSA) is 218 Å². The molecule has 0 aliphatic rings. The van der Waals surface area contributed by atoms with Crippen molar-refractivity contribution in [2.24, 2.45) is 20.5 Å². The normalized spacial score (nSPS) is 13.4. The van der Waals surface area contributed by atoms with Crippen molar-refractivity contribution in [2.45, 2.75) is 76.7 Å². The van der Waals surface area contributed by atoms with Crippen LogP contribution in [-0.4, -0.2) is 60.5 Å². The van der Waals surface area contributed by atoms with Gasteiger partial charge in [-0.1, -0.05) is 35.3 Å². The molecule has 372 valence electrons. The SMILES string of the molecule is CCOc1ccc(C(C)Cl)cc1NC(=O)c1cc(Cl)cc(N=NC(C(C)=O)C(=O)Nc2ccc(NC(=O)C(N=Nc3cc(Cl)cc(C(=O)Nc4cc(C(C)Cl)ccc4OCC)c3)C(C)=O)c(C(C)Cl)c2)c1. The van der Waals surface area contributed by atoms with Crippen LogP contribution in [0.4, 0.5) is 34.1 Å². The maximum atomic E-state index is 13.6. The Balaban J connectivity index is 1.29. The second-order valence-electron chi connectivity index (χ2n) is 15.8. The summed E-state index contributed by atoms with van der Waals surface area (Å²) in [5.74, 6) is -3.28. The number of amides is 4. The molecule has 71 heavy (non-hydrogen) atoms. The minimum atomic E-state index is -1.64. The third-order valence-electron chi connectivity index (χ3n) is 10.2. The van der Waals surface area contributed by atoms with Gasteiger partial charge in [-0.15, -0.1) is 34.8 Å². The summed E-state index contributed by atoms with van der Waals surface area (Å²) in [4.78, 5) is 79.5. The lowest BCUT2D eigenvalue weighted by Gasteiger charge is -2.17. The molecule has 0 bridgehead atoms. The van der Waals surface area contributed by atoms with Crippen molar-refractivity contribution in [1.82, 2.24) is 0 Å². The highest BCUT2D eigenvalue weighted by molar-refractivity contribution is 6.32. The number of benzene rings is 5. The van der Waals surface area contributed by atoms with Crippen molar-refractivity contribution in [3.63, 3.8) is 0 Å². The summed E-state index contributed by atoms with van der Waals surface area (Å²) in [6, 6.07) is 19.9. The molecule has 21 heteroatoms. The van der Waals surface area contributed by atoms with E-state index in [-0.39, 0.29) is 54.7 Å². The highest BCUT2D eigenvalue weighted by atomic mass is 35.5. The first kappa shape index (κ1) is 55.5. The van der Waals surface area contributed by atoms with E-state index in [1.807, 2.05) is 13.8 Å². The number of Topliss-reactive ketones (excluding diaryl/α,β-unsaturated/α-hetero) is 2. The van der Waals surface area contributed by atoms with Crippen LogP contribution in [0.15, 0.2) is 111 Å². The maximum Gasteiger partial charge on any atom is 0.258 e. The smallest absolute Gasteiger partial charge is 0.258 e. The Kier molecular flexibility index (Phi) is 20.0. The fourth-order valence-corrected chi connectivity index (χ4v) is 7.55. The van der Waals surface area contributed by atoms with Gasteiger partial charge in [0.25, 0.3) is 23.6 Å². The molecule has 4 N–H and O–H groups in total. The lowest BCUT2D eigenvalue weighted by molar-refractivity contribution is -0.127. The summed E-state index contributed by atoms with van der Waals surface area (Å²) in [7, 11) is 0. The van der Waals surface area contributed by atoms with Crippen molar-refractivity contribution in [1.29, 1.82) is 0 Å². The summed E-state index contributed by atoms with van der Waals surface area (Å²) < 4.78 is 11.3. The Labute approximate surface area is 435 Å². The van der Waals surface area contributed by atoms with Gasteiger partial charge in [0, 0.05) is 32.5 Å². The molecular weight excluding hydrogens is 1020 g/mol. The van der Waals surface area contributed by atoms with Crippen molar-refractivity contribution < 1.29 is 38.2 Å². The minimum absolute atomic E-state index is 0.0743. The van der Waals surface area contributed by atoms with Gasteiger partial charge in [0.05, 0.1) is 52.1 Å². The van der Waals surface area contributed by atoms with E-state index in [4.69, 9.17) is 67.5 Å². The number of nitrogens with zero attached hydrogens (tertiary/aromatic N) is 4. The summed E-state index contributed by atoms with van der Waals surface area (Å²) in [5, 5.41) is 25.9. The molecule has 5 unspecified atom stereocenters. The van der Waals surface area contributed by atoms with Gasteiger partial charge in [-0.25, -0.2) is 0 Å². The fourth-order valence-electron chi connectivity index (χ4n) is 6.64. The molecule has 16 nitrogen and oxygen atoms in total. The molecule has 0 fully saturated rings. The number of hydrogen-bond acceptors (Lipinski definition) is 12. The highest BCUT2D eigenvalue weighted by Gasteiger charge is 2.27. The molecule has 5 atom stereocenters. The number of alkyl halides is 3. The molecule has 0 heterocycles. The number of nitrogens with one attached hydrogen (secondary N) is 4. The van der Waals surface area contributed by atoms with Crippen LogP contribution < -0.4 is 30.7 Å². The summed E-state index contributed by atoms with van der Waals surface area (Å²) >= 11 is 31.8. The molecule has 5 aromatic rings. The molecule has 0 aromatic heterocycles. The van der Waals surface area contributed by atoms with Gasteiger partial charge >= 0.3 is 0 Å². The van der Waals surface area contributed by atoms with Crippen LogP contribution in [0.2, 0.25) is 10.0 Å². The third-order valence-corrected chi connectivity index (χ3v) is 11.3. The number of halogens is 5. The second kappa shape index (κ2) is 25.6. The molecular formula is C50H49Cl5N8O8. The summed E-state index contributed by atoms with van der Waals surface area (Å²) in [6.07, 6.45) is 0. The zero-order valence-corrected chi connectivity index (χ0v) is 43.2. The van der Waals surface area contributed by atoms with Gasteiger partial charge in [-0.2, -0.15) is 20.5 Å². The second-order valence-corrected chi connectivity index (χ2v) is 18.6. The number of carbonyl (C=O) groups is 6. The number of ether oxygens (including phenoxy) is 2. The van der Waals surface area contributed by atoms with Crippen LogP contribution in [0.5, 0.6) is 11.5 Å². The van der Waals surface area contributed by atoms with E-state index in [1.165, 1.54) is 54.6 Å². The predicted octanol–water partition coefficient (Wildman–Crippen LogP) is 13.6. The first-order valence-corrected chi connectivity index (χ1v) is 24.0. The maximum absolute atomic E-state index is 13.6. The Morgan fingerprint density at radius 3 is 1.35 bits per heavy atom. The first-order valence-electron chi connectivity index (χ1n) is 22.0. The van der Waals surface area contributed by atoms with E-state index in [0.29, 0.717) is 41.7 Å². The summed E-state index contributed by atoms with van der Waals surface area (Å²) in [6.45, 7) is 11.8. The number of hydrogen-bond donors (Lipinski definition) is 4. The van der Waals surface area contributed by atoms with E-state index in [2.05, 4.69) is 41.7 Å². The number of ketones is 2. The quantitative estimate of drug-likeness (QED) is 0.0314. The largest absolute Gasteiger partial charge is 0.492 e. The molecule has 5 aromatic carbocycles. The lowest BCUT2D eigenvalue weighted by Crippen LogP contribution is -2.32. The standard InChI is InChI=1S/C50H49Cl5N8O8/c1-8-70-43-14-10-30(25(3)51)20-41(43)58-47(66)32-16-34(54)22-37(18-32)60-62-45(28(6)64)49(68)56-36-12-13-40(39(24-36)27(5)53)57-50(69)46(29(7)65)63-61-38-19-33(17-35(55)23-38)48(67)59-42-21-31(26(4)52)11-15-44(42)71-9-2/h10-27,45-46H,8-9H2,1-7H3,(H,56,68)(H,57,69)(H,58,66)(H,59,67). The Bertz CT molecular complexity index is 2890. The van der Waals surface area contributed by atoms with Gasteiger partial charge < -0.3 is 30.7 Å². The van der Waals surface area contributed by atoms with Gasteiger partial charge in [0.2, 0.25) is 12.1 Å².